The number of nitrogens with zero attached hydrogens (tertiary/aromatic N) is 2. The molecule has 1 heterocycles. The Bertz CT molecular complexity index is 611. The molecule has 1 atom stereocenters. The minimum absolute atomic E-state index is 0.00523. The molecule has 0 bridgehead atoms. The molecular formula is C13H18ClFN2O3S. The van der Waals surface area contributed by atoms with Gasteiger partial charge in [-0.3, -0.25) is 0 Å². The van der Waals surface area contributed by atoms with Gasteiger partial charge in [0.15, 0.2) is 0 Å². The van der Waals surface area contributed by atoms with Gasteiger partial charge in [-0.2, -0.15) is 4.31 Å². The molecule has 0 aliphatic carbocycles. The third kappa shape index (κ3) is 3.54. The zero-order valence-corrected chi connectivity index (χ0v) is 13.2. The molecule has 0 radical (unpaired) electrons. The van der Waals surface area contributed by atoms with Crippen molar-refractivity contribution in [2.24, 2.45) is 0 Å². The Kier molecular flexibility index (Phi) is 5.21. The Morgan fingerprint density at radius 3 is 2.76 bits per heavy atom. The van der Waals surface area contributed by atoms with Crippen LogP contribution in [-0.2, 0) is 10.0 Å². The maximum Gasteiger partial charge on any atom is 0.243 e. The van der Waals surface area contributed by atoms with Crippen LogP contribution in [0, 0.1) is 5.82 Å². The molecule has 2 rings (SSSR count). The molecule has 0 aromatic heterocycles. The van der Waals surface area contributed by atoms with E-state index in [1.807, 2.05) is 11.9 Å². The number of hydrogen-bond donors (Lipinski definition) is 1. The molecule has 8 heteroatoms. The van der Waals surface area contributed by atoms with Gasteiger partial charge in [0.25, 0.3) is 0 Å². The number of aliphatic hydroxyl groups is 1. The van der Waals surface area contributed by atoms with Crippen LogP contribution < -0.4 is 0 Å². The number of hydrogen-bond acceptors (Lipinski definition) is 4. The number of rotatable bonds is 4. The third-order valence-corrected chi connectivity index (χ3v) is 5.88. The minimum atomic E-state index is -3.70. The lowest BCUT2D eigenvalue weighted by atomic mass is 10.1. The summed E-state index contributed by atoms with van der Waals surface area (Å²) in [6, 6.07) is 3.37. The van der Waals surface area contributed by atoms with Crippen molar-refractivity contribution in [1.82, 2.24) is 9.21 Å². The van der Waals surface area contributed by atoms with Crippen LogP contribution in [0.5, 0.6) is 0 Å². The molecule has 21 heavy (non-hydrogen) atoms. The van der Waals surface area contributed by atoms with Gasteiger partial charge in [-0.25, -0.2) is 12.8 Å². The Morgan fingerprint density at radius 2 is 2.14 bits per heavy atom. The highest BCUT2D eigenvalue weighted by Crippen LogP contribution is 2.24. The maximum atomic E-state index is 13.2. The van der Waals surface area contributed by atoms with E-state index in [0.717, 1.165) is 12.1 Å². The molecule has 1 N–H and O–H groups in total. The summed E-state index contributed by atoms with van der Waals surface area (Å²) in [5.41, 5.74) is 0. The van der Waals surface area contributed by atoms with Crippen molar-refractivity contribution in [3.63, 3.8) is 0 Å². The lowest BCUT2D eigenvalue weighted by Gasteiger charge is -2.38. The summed E-state index contributed by atoms with van der Waals surface area (Å²) in [6.45, 7) is 1.24. The predicted molar refractivity (Wildman–Crippen MR) is 78.3 cm³/mol. The van der Waals surface area contributed by atoms with Crippen molar-refractivity contribution < 1.29 is 17.9 Å². The number of piperazine rings is 1. The van der Waals surface area contributed by atoms with Crippen molar-refractivity contribution in [3.05, 3.63) is 29.0 Å². The van der Waals surface area contributed by atoms with Crippen molar-refractivity contribution >= 4 is 21.6 Å². The van der Waals surface area contributed by atoms with Crippen LogP contribution in [-0.4, -0.2) is 62.1 Å². The van der Waals surface area contributed by atoms with Gasteiger partial charge < -0.3 is 10.0 Å². The second-order valence-corrected chi connectivity index (χ2v) is 7.43. The molecule has 0 amide bonds. The van der Waals surface area contributed by atoms with Crippen molar-refractivity contribution in [3.8, 4) is 0 Å². The quantitative estimate of drug-likeness (QED) is 0.896. The fourth-order valence-electron chi connectivity index (χ4n) is 2.38. The van der Waals surface area contributed by atoms with Gasteiger partial charge in [0.05, 0.1) is 9.92 Å². The van der Waals surface area contributed by atoms with E-state index in [0.29, 0.717) is 26.1 Å². The number of halogens is 2. The average Bonchev–Trinajstić information content (AvgIpc) is 2.44. The maximum absolute atomic E-state index is 13.2. The molecule has 1 aromatic rings. The van der Waals surface area contributed by atoms with Gasteiger partial charge in [0, 0.05) is 32.3 Å². The van der Waals surface area contributed by atoms with Gasteiger partial charge in [0.1, 0.15) is 5.82 Å². The van der Waals surface area contributed by atoms with Gasteiger partial charge >= 0.3 is 0 Å². The topological polar surface area (TPSA) is 60.9 Å². The molecule has 0 saturated carbocycles. The third-order valence-electron chi connectivity index (χ3n) is 3.73. The summed E-state index contributed by atoms with van der Waals surface area (Å²) in [5, 5.41) is 8.84. The Hall–Kier alpha value is -0.730. The lowest BCUT2D eigenvalue weighted by molar-refractivity contribution is 0.120. The van der Waals surface area contributed by atoms with Crippen LogP contribution in [0.15, 0.2) is 23.1 Å². The molecule has 5 nitrogen and oxygen atoms in total. The first-order chi connectivity index (χ1) is 9.86. The normalized spacial score (nSPS) is 21.6. The molecular weight excluding hydrogens is 319 g/mol. The Labute approximate surface area is 129 Å². The highest BCUT2D eigenvalue weighted by molar-refractivity contribution is 7.89. The summed E-state index contributed by atoms with van der Waals surface area (Å²) in [6.07, 6.45) is 0.507. The van der Waals surface area contributed by atoms with Crippen LogP contribution in [0.3, 0.4) is 0 Å². The van der Waals surface area contributed by atoms with E-state index in [-0.39, 0.29) is 22.6 Å². The highest BCUT2D eigenvalue weighted by atomic mass is 35.5. The molecule has 1 fully saturated rings. The van der Waals surface area contributed by atoms with Crippen molar-refractivity contribution in [2.75, 3.05) is 33.3 Å². The highest BCUT2D eigenvalue weighted by Gasteiger charge is 2.32. The summed E-state index contributed by atoms with van der Waals surface area (Å²) >= 11 is 5.66. The molecule has 0 unspecified atom stereocenters. The first-order valence-electron chi connectivity index (χ1n) is 6.62. The smallest absolute Gasteiger partial charge is 0.243 e. The summed E-state index contributed by atoms with van der Waals surface area (Å²) in [4.78, 5) is 2.01. The number of benzene rings is 1. The van der Waals surface area contributed by atoms with E-state index >= 15 is 0 Å². The van der Waals surface area contributed by atoms with E-state index in [4.69, 9.17) is 16.7 Å². The van der Waals surface area contributed by atoms with Crippen molar-refractivity contribution in [1.29, 1.82) is 0 Å². The van der Waals surface area contributed by atoms with Crippen LogP contribution in [0.4, 0.5) is 4.39 Å². The number of aliphatic hydroxyl groups excluding tert-OH is 1. The Morgan fingerprint density at radius 1 is 1.43 bits per heavy atom. The Balaban J connectivity index is 2.24. The number of sulfonamides is 1. The van der Waals surface area contributed by atoms with E-state index < -0.39 is 15.8 Å². The number of likely N-dealkylation sites (N-methyl/N-ethyl adjacent to an activating group) is 1. The van der Waals surface area contributed by atoms with Gasteiger partial charge in [-0.1, -0.05) is 11.6 Å². The SMILES string of the molecule is CN1CCN(S(=O)(=O)c2ccc(F)c(Cl)c2)C[C@@H]1CCO. The van der Waals surface area contributed by atoms with Gasteiger partial charge in [-0.15, -0.1) is 0 Å². The zero-order valence-electron chi connectivity index (χ0n) is 11.7. The van der Waals surface area contributed by atoms with Crippen LogP contribution >= 0.6 is 11.6 Å². The van der Waals surface area contributed by atoms with E-state index in [9.17, 15) is 12.8 Å². The van der Waals surface area contributed by atoms with E-state index in [1.54, 1.807) is 0 Å². The largest absolute Gasteiger partial charge is 0.396 e. The molecule has 0 spiro atoms. The second-order valence-electron chi connectivity index (χ2n) is 5.09. The predicted octanol–water partition coefficient (Wildman–Crippen LogP) is 1.17. The fourth-order valence-corrected chi connectivity index (χ4v) is 4.12. The molecule has 1 aliphatic heterocycles. The van der Waals surface area contributed by atoms with Gasteiger partial charge in [0.2, 0.25) is 10.0 Å². The summed E-state index contributed by atoms with van der Waals surface area (Å²) < 4.78 is 39.7. The minimum Gasteiger partial charge on any atom is -0.396 e. The fraction of sp³-hybridized carbons (Fsp3) is 0.538. The summed E-state index contributed by atoms with van der Waals surface area (Å²) in [5.74, 6) is -0.646. The monoisotopic (exact) mass is 336 g/mol. The van der Waals surface area contributed by atoms with Crippen LogP contribution in [0.1, 0.15) is 6.42 Å². The zero-order chi connectivity index (χ0) is 15.6. The standard InChI is InChI=1S/C13H18ClFN2O3S/c1-16-5-6-17(9-10(16)4-7-18)21(19,20)11-2-3-13(15)12(14)8-11/h2-3,8,10,18H,4-7,9H2,1H3/t10-/m0/s1. The van der Waals surface area contributed by atoms with Crippen LogP contribution in [0.25, 0.3) is 0 Å². The molecule has 1 aromatic carbocycles. The first-order valence-corrected chi connectivity index (χ1v) is 8.44. The molecule has 1 saturated heterocycles. The average molecular weight is 337 g/mol. The summed E-state index contributed by atoms with van der Waals surface area (Å²) in [7, 11) is -1.80. The second kappa shape index (κ2) is 6.58. The lowest BCUT2D eigenvalue weighted by Crippen LogP contribution is -2.53. The van der Waals surface area contributed by atoms with E-state index in [1.165, 1.54) is 10.4 Å². The van der Waals surface area contributed by atoms with E-state index in [2.05, 4.69) is 0 Å². The van der Waals surface area contributed by atoms with Crippen molar-refractivity contribution in [2.45, 2.75) is 17.4 Å². The molecule has 118 valence electrons. The van der Waals surface area contributed by atoms with Crippen LogP contribution in [0.2, 0.25) is 5.02 Å². The molecule has 1 aliphatic rings. The van der Waals surface area contributed by atoms with Gasteiger partial charge in [-0.05, 0) is 31.7 Å². The first kappa shape index (κ1) is 16.6.